The quantitative estimate of drug-likeness (QED) is 0.624. The van der Waals surface area contributed by atoms with Gasteiger partial charge < -0.3 is 10.2 Å². The summed E-state index contributed by atoms with van der Waals surface area (Å²) in [6, 6.07) is 12.8. The van der Waals surface area contributed by atoms with E-state index in [0.717, 1.165) is 24.2 Å². The molecule has 3 rings (SSSR count). The molecule has 7 heteroatoms. The largest absolute Gasteiger partial charge is 0.323 e. The van der Waals surface area contributed by atoms with Gasteiger partial charge in [0.15, 0.2) is 6.54 Å². The molecule has 136 valence electrons. The number of nitro benzene ring substituents is 1. The van der Waals surface area contributed by atoms with E-state index < -0.39 is 4.92 Å². The molecule has 0 aliphatic heterocycles. The average molecular weight is 375 g/mol. The summed E-state index contributed by atoms with van der Waals surface area (Å²) >= 11 is 5.81. The minimum absolute atomic E-state index is 0.168. The number of aryl methyl sites for hydroxylation is 1. The van der Waals surface area contributed by atoms with E-state index in [2.05, 4.69) is 17.4 Å². The predicted molar refractivity (Wildman–Crippen MR) is 101 cm³/mol. The van der Waals surface area contributed by atoms with Crippen molar-refractivity contribution in [2.75, 3.05) is 18.9 Å². The summed E-state index contributed by atoms with van der Waals surface area (Å²) in [7, 11) is 1.99. The monoisotopic (exact) mass is 374 g/mol. The number of benzene rings is 2. The number of nitro groups is 1. The summed E-state index contributed by atoms with van der Waals surface area (Å²) in [4.78, 5) is 24.1. The van der Waals surface area contributed by atoms with Gasteiger partial charge >= 0.3 is 0 Å². The number of hydrogen-bond donors (Lipinski definition) is 2. The van der Waals surface area contributed by atoms with Crippen LogP contribution in [0, 0.1) is 10.1 Å². The Balaban J connectivity index is 1.71. The molecule has 1 amide bonds. The normalized spacial score (nSPS) is 17.2. The van der Waals surface area contributed by atoms with Crippen LogP contribution in [0.15, 0.2) is 42.5 Å². The second kappa shape index (κ2) is 7.85. The van der Waals surface area contributed by atoms with Gasteiger partial charge in [-0.2, -0.15) is 0 Å². The van der Waals surface area contributed by atoms with Crippen LogP contribution >= 0.6 is 11.6 Å². The van der Waals surface area contributed by atoms with Crippen molar-refractivity contribution in [1.29, 1.82) is 0 Å². The van der Waals surface area contributed by atoms with E-state index in [1.807, 2.05) is 19.2 Å². The highest BCUT2D eigenvalue weighted by Crippen LogP contribution is 2.28. The van der Waals surface area contributed by atoms with Crippen LogP contribution in [0.4, 0.5) is 11.4 Å². The lowest BCUT2D eigenvalue weighted by Crippen LogP contribution is -3.10. The Hall–Kier alpha value is -2.44. The Labute approximate surface area is 156 Å². The maximum atomic E-state index is 12.4. The predicted octanol–water partition coefficient (Wildman–Crippen LogP) is 2.78. The minimum atomic E-state index is -0.546. The lowest BCUT2D eigenvalue weighted by molar-refractivity contribution is -0.905. The van der Waals surface area contributed by atoms with E-state index in [-0.39, 0.29) is 34.9 Å². The molecule has 2 atom stereocenters. The third-order valence-corrected chi connectivity index (χ3v) is 5.07. The first-order valence-electron chi connectivity index (χ1n) is 8.59. The summed E-state index contributed by atoms with van der Waals surface area (Å²) in [5.41, 5.74) is 2.60. The van der Waals surface area contributed by atoms with Crippen LogP contribution in [0.1, 0.15) is 30.0 Å². The lowest BCUT2D eigenvalue weighted by Gasteiger charge is -2.30. The Morgan fingerprint density at radius 2 is 2.12 bits per heavy atom. The maximum Gasteiger partial charge on any atom is 0.294 e. The molecular formula is C19H21ClN3O3+. The van der Waals surface area contributed by atoms with Crippen molar-refractivity contribution in [2.24, 2.45) is 0 Å². The molecular weight excluding hydrogens is 354 g/mol. The first-order chi connectivity index (χ1) is 12.5. The summed E-state index contributed by atoms with van der Waals surface area (Å²) in [5, 5.41) is 14.1. The summed E-state index contributed by atoms with van der Waals surface area (Å²) in [6.07, 6.45) is 3.20. The standard InChI is InChI=1S/C19H20ClN3O3/c1-22(17-8-4-6-13-5-2-3-7-15(13)17)12-19(24)21-16-10-9-14(20)11-18(16)23(25)26/h2-3,5,7,9-11,17H,4,6,8,12H2,1H3,(H,21,24)/p+1/t17-/m0/s1. The first kappa shape index (κ1) is 18.4. The smallest absolute Gasteiger partial charge is 0.294 e. The summed E-state index contributed by atoms with van der Waals surface area (Å²) in [5.74, 6) is -0.254. The number of fused-ring (bicyclic) bond motifs is 1. The number of likely N-dealkylation sites (N-methyl/N-ethyl adjacent to an activating group) is 1. The van der Waals surface area contributed by atoms with Crippen LogP contribution < -0.4 is 10.2 Å². The van der Waals surface area contributed by atoms with Gasteiger partial charge in [-0.15, -0.1) is 0 Å². The summed E-state index contributed by atoms with van der Waals surface area (Å²) < 4.78 is 0. The van der Waals surface area contributed by atoms with Gasteiger partial charge in [0, 0.05) is 23.1 Å². The highest BCUT2D eigenvalue weighted by atomic mass is 35.5. The molecule has 0 spiro atoms. The number of halogens is 1. The number of nitrogens with one attached hydrogen (secondary N) is 2. The Morgan fingerprint density at radius 1 is 1.35 bits per heavy atom. The van der Waals surface area contributed by atoms with Crippen LogP contribution in [0.5, 0.6) is 0 Å². The topological polar surface area (TPSA) is 76.7 Å². The molecule has 0 saturated carbocycles. The van der Waals surface area contributed by atoms with Crippen molar-refractivity contribution < 1.29 is 14.6 Å². The van der Waals surface area contributed by atoms with E-state index in [1.165, 1.54) is 29.3 Å². The second-order valence-corrected chi connectivity index (χ2v) is 7.07. The van der Waals surface area contributed by atoms with Crippen molar-refractivity contribution in [1.82, 2.24) is 0 Å². The highest BCUT2D eigenvalue weighted by molar-refractivity contribution is 6.31. The number of amides is 1. The zero-order valence-corrected chi connectivity index (χ0v) is 15.3. The molecule has 0 bridgehead atoms. The molecule has 2 aromatic rings. The van der Waals surface area contributed by atoms with Crippen molar-refractivity contribution in [3.8, 4) is 0 Å². The molecule has 2 aromatic carbocycles. The van der Waals surface area contributed by atoms with Crippen LogP contribution in [-0.4, -0.2) is 24.4 Å². The number of anilines is 1. The molecule has 2 N–H and O–H groups in total. The molecule has 1 aliphatic carbocycles. The number of hydrogen-bond acceptors (Lipinski definition) is 3. The minimum Gasteiger partial charge on any atom is -0.323 e. The van der Waals surface area contributed by atoms with Crippen molar-refractivity contribution in [2.45, 2.75) is 25.3 Å². The van der Waals surface area contributed by atoms with Gasteiger partial charge in [-0.1, -0.05) is 35.9 Å². The van der Waals surface area contributed by atoms with Gasteiger partial charge in [-0.05, 0) is 30.5 Å². The number of nitrogens with zero attached hydrogens (tertiary/aromatic N) is 1. The SMILES string of the molecule is C[NH+](CC(=O)Nc1ccc(Cl)cc1[N+](=O)[O-])[C@H]1CCCc2ccccc21. The molecule has 0 saturated heterocycles. The molecule has 1 unspecified atom stereocenters. The molecule has 6 nitrogen and oxygen atoms in total. The van der Waals surface area contributed by atoms with Crippen molar-refractivity contribution in [3.63, 3.8) is 0 Å². The third-order valence-electron chi connectivity index (χ3n) is 4.83. The zero-order valence-electron chi connectivity index (χ0n) is 14.5. The fourth-order valence-electron chi connectivity index (χ4n) is 3.60. The second-order valence-electron chi connectivity index (χ2n) is 6.63. The Morgan fingerprint density at radius 3 is 2.88 bits per heavy atom. The average Bonchev–Trinajstić information content (AvgIpc) is 2.62. The maximum absolute atomic E-state index is 12.4. The number of rotatable bonds is 5. The highest BCUT2D eigenvalue weighted by Gasteiger charge is 2.28. The molecule has 0 radical (unpaired) electrons. The van der Waals surface area contributed by atoms with Gasteiger partial charge in [-0.3, -0.25) is 14.9 Å². The van der Waals surface area contributed by atoms with E-state index in [4.69, 9.17) is 11.6 Å². The van der Waals surface area contributed by atoms with Crippen LogP contribution in [0.3, 0.4) is 0 Å². The summed E-state index contributed by atoms with van der Waals surface area (Å²) in [6.45, 7) is 0.235. The third kappa shape index (κ3) is 4.03. The lowest BCUT2D eigenvalue weighted by atomic mass is 9.87. The van der Waals surface area contributed by atoms with Gasteiger partial charge in [0.2, 0.25) is 0 Å². The van der Waals surface area contributed by atoms with Gasteiger partial charge in [0.25, 0.3) is 11.6 Å². The fourth-order valence-corrected chi connectivity index (χ4v) is 3.76. The Kier molecular flexibility index (Phi) is 5.54. The molecule has 0 heterocycles. The van der Waals surface area contributed by atoms with Crippen LogP contribution in [-0.2, 0) is 11.2 Å². The van der Waals surface area contributed by atoms with Crippen molar-refractivity contribution in [3.05, 3.63) is 68.7 Å². The van der Waals surface area contributed by atoms with E-state index >= 15 is 0 Å². The van der Waals surface area contributed by atoms with E-state index in [0.29, 0.717) is 0 Å². The van der Waals surface area contributed by atoms with E-state index in [9.17, 15) is 14.9 Å². The molecule has 1 aliphatic rings. The van der Waals surface area contributed by atoms with Gasteiger partial charge in [0.1, 0.15) is 11.7 Å². The zero-order chi connectivity index (χ0) is 18.7. The number of carbonyl (C=O) groups excluding carboxylic acids is 1. The molecule has 0 aromatic heterocycles. The van der Waals surface area contributed by atoms with Crippen molar-refractivity contribution >= 4 is 28.9 Å². The van der Waals surface area contributed by atoms with Crippen LogP contribution in [0.2, 0.25) is 5.02 Å². The van der Waals surface area contributed by atoms with E-state index in [1.54, 1.807) is 0 Å². The van der Waals surface area contributed by atoms with Gasteiger partial charge in [0.05, 0.1) is 12.0 Å². The molecule has 26 heavy (non-hydrogen) atoms. The fraction of sp³-hybridized carbons (Fsp3) is 0.316. The van der Waals surface area contributed by atoms with Crippen LogP contribution in [0.25, 0.3) is 0 Å². The number of quaternary nitrogens is 1. The molecule has 0 fully saturated rings. The Bertz CT molecular complexity index is 841. The number of carbonyl (C=O) groups is 1. The van der Waals surface area contributed by atoms with Gasteiger partial charge in [-0.25, -0.2) is 0 Å². The first-order valence-corrected chi connectivity index (χ1v) is 8.97.